The Morgan fingerprint density at radius 3 is 2.80 bits per heavy atom. The van der Waals surface area contributed by atoms with E-state index in [1.165, 1.54) is 4.57 Å². The summed E-state index contributed by atoms with van der Waals surface area (Å²) in [5.41, 5.74) is -0.151. The minimum absolute atomic E-state index is 0.151. The molecule has 1 heterocycles. The summed E-state index contributed by atoms with van der Waals surface area (Å²) >= 11 is 7.68. The summed E-state index contributed by atoms with van der Waals surface area (Å²) in [7, 11) is 1.68. The van der Waals surface area contributed by atoms with E-state index in [4.69, 9.17) is 11.6 Å². The molecule has 0 saturated carbocycles. The van der Waals surface area contributed by atoms with Gasteiger partial charge in [-0.25, -0.2) is 0 Å². The number of aryl methyl sites for hydroxylation is 1. The summed E-state index contributed by atoms with van der Waals surface area (Å²) in [5.74, 6) is 0. The van der Waals surface area contributed by atoms with Crippen molar-refractivity contribution in [2.24, 2.45) is 7.05 Å². The minimum atomic E-state index is -0.151. The average molecular weight is 269 g/mol. The van der Waals surface area contributed by atoms with Crippen molar-refractivity contribution in [1.29, 1.82) is 0 Å². The molecule has 1 aromatic rings. The molecule has 0 atom stereocenters. The van der Waals surface area contributed by atoms with E-state index in [1.54, 1.807) is 19.3 Å². The Labute approximate surface area is 77.0 Å². The normalized spacial score (nSPS) is 9.90. The van der Waals surface area contributed by atoms with E-state index in [0.29, 0.717) is 0 Å². The lowest BCUT2D eigenvalue weighted by Gasteiger charge is -1.97. The molecule has 0 fully saturated rings. The van der Waals surface area contributed by atoms with Crippen LogP contribution in [0.2, 0.25) is 5.02 Å². The fourth-order valence-corrected chi connectivity index (χ4v) is 1.80. The molecule has 0 N–H and O–H groups in total. The van der Waals surface area contributed by atoms with Crippen molar-refractivity contribution in [2.75, 3.05) is 0 Å². The molecular formula is C6H5ClINO. The van der Waals surface area contributed by atoms with Crippen LogP contribution in [0.25, 0.3) is 0 Å². The minimum Gasteiger partial charge on any atom is -0.316 e. The number of pyridine rings is 1. The summed E-state index contributed by atoms with van der Waals surface area (Å²) in [6, 6.07) is 1.64. The highest BCUT2D eigenvalue weighted by Gasteiger charge is 1.97. The van der Waals surface area contributed by atoms with Crippen molar-refractivity contribution in [1.82, 2.24) is 4.57 Å². The second-order valence-corrected chi connectivity index (χ2v) is 3.58. The third-order valence-corrected chi connectivity index (χ3v) is 1.97. The van der Waals surface area contributed by atoms with Gasteiger partial charge in [-0.2, -0.15) is 0 Å². The van der Waals surface area contributed by atoms with Crippen LogP contribution in [0.4, 0.5) is 0 Å². The number of rotatable bonds is 0. The number of nitrogens with zero attached hydrogens (tertiary/aromatic N) is 1. The zero-order valence-electron chi connectivity index (χ0n) is 5.27. The van der Waals surface area contributed by atoms with Crippen molar-refractivity contribution in [3.63, 3.8) is 0 Å². The van der Waals surface area contributed by atoms with Crippen LogP contribution >= 0.6 is 34.2 Å². The quantitative estimate of drug-likeness (QED) is 0.656. The van der Waals surface area contributed by atoms with Gasteiger partial charge in [-0.3, -0.25) is 4.79 Å². The van der Waals surface area contributed by atoms with Crippen LogP contribution in [0.15, 0.2) is 17.1 Å². The highest BCUT2D eigenvalue weighted by Crippen LogP contribution is 2.06. The van der Waals surface area contributed by atoms with Crippen molar-refractivity contribution >= 4 is 34.2 Å². The summed E-state index contributed by atoms with van der Waals surface area (Å²) in [6.45, 7) is 0. The first-order valence-electron chi connectivity index (χ1n) is 2.63. The van der Waals surface area contributed by atoms with Crippen LogP contribution in [0.3, 0.4) is 0 Å². The van der Waals surface area contributed by atoms with Crippen molar-refractivity contribution in [3.8, 4) is 0 Å². The maximum atomic E-state index is 10.9. The van der Waals surface area contributed by atoms with E-state index < -0.39 is 0 Å². The zero-order chi connectivity index (χ0) is 7.72. The molecule has 1 aromatic heterocycles. The lowest BCUT2D eigenvalue weighted by molar-refractivity contribution is 0.855. The van der Waals surface area contributed by atoms with Crippen LogP contribution in [-0.2, 0) is 7.05 Å². The average Bonchev–Trinajstić information content (AvgIpc) is 1.82. The number of halogens is 2. The first-order valence-corrected chi connectivity index (χ1v) is 4.08. The van der Waals surface area contributed by atoms with Gasteiger partial charge in [0.25, 0.3) is 5.56 Å². The Hall–Kier alpha value is -0.0300. The van der Waals surface area contributed by atoms with E-state index in [9.17, 15) is 4.79 Å². The van der Waals surface area contributed by atoms with Gasteiger partial charge < -0.3 is 4.57 Å². The van der Waals surface area contributed by atoms with Gasteiger partial charge in [0.2, 0.25) is 0 Å². The third-order valence-electron chi connectivity index (χ3n) is 1.11. The largest absolute Gasteiger partial charge is 0.316 e. The molecule has 0 unspecified atom stereocenters. The van der Waals surface area contributed by atoms with Gasteiger partial charge in [-0.05, 0) is 28.7 Å². The lowest BCUT2D eigenvalue weighted by Crippen LogP contribution is -2.16. The van der Waals surface area contributed by atoms with Gasteiger partial charge in [-0.1, -0.05) is 11.6 Å². The summed E-state index contributed by atoms with van der Waals surface area (Å²) in [6.07, 6.45) is 1.73. The standard InChI is InChI=1S/C6H5ClINO/c1-9-3-4(8)2-5(7)6(9)10/h2-3H,1H3. The summed E-state index contributed by atoms with van der Waals surface area (Å²) < 4.78 is 2.43. The Bertz CT molecular complexity index is 281. The molecule has 2 nitrogen and oxygen atoms in total. The van der Waals surface area contributed by atoms with Crippen LogP contribution in [0.5, 0.6) is 0 Å². The molecule has 0 bridgehead atoms. The van der Waals surface area contributed by atoms with E-state index in [-0.39, 0.29) is 10.6 Å². The Balaban J connectivity index is 3.46. The van der Waals surface area contributed by atoms with E-state index in [0.717, 1.165) is 3.57 Å². The molecule has 0 spiro atoms. The molecule has 0 aromatic carbocycles. The molecule has 0 aliphatic heterocycles. The molecule has 54 valence electrons. The predicted octanol–water partition coefficient (Wildman–Crippen LogP) is 1.64. The van der Waals surface area contributed by atoms with Crippen LogP contribution in [0.1, 0.15) is 0 Å². The molecule has 10 heavy (non-hydrogen) atoms. The molecule has 4 heteroatoms. The SMILES string of the molecule is Cn1cc(I)cc(Cl)c1=O. The maximum Gasteiger partial charge on any atom is 0.269 e. The van der Waals surface area contributed by atoms with Crippen LogP contribution in [-0.4, -0.2) is 4.57 Å². The van der Waals surface area contributed by atoms with Crippen LogP contribution < -0.4 is 5.56 Å². The first-order chi connectivity index (χ1) is 4.61. The lowest BCUT2D eigenvalue weighted by atomic mass is 10.5. The topological polar surface area (TPSA) is 22.0 Å². The second-order valence-electron chi connectivity index (χ2n) is 1.92. The van der Waals surface area contributed by atoms with Gasteiger partial charge in [-0.15, -0.1) is 0 Å². The molecular weight excluding hydrogens is 264 g/mol. The van der Waals surface area contributed by atoms with Gasteiger partial charge in [0.15, 0.2) is 0 Å². The van der Waals surface area contributed by atoms with Crippen LogP contribution in [0, 0.1) is 3.57 Å². The summed E-state index contributed by atoms with van der Waals surface area (Å²) in [4.78, 5) is 10.9. The molecule has 0 aliphatic carbocycles. The van der Waals surface area contributed by atoms with E-state index in [1.807, 2.05) is 0 Å². The highest BCUT2D eigenvalue weighted by atomic mass is 127. The van der Waals surface area contributed by atoms with E-state index >= 15 is 0 Å². The Morgan fingerprint density at radius 1 is 1.70 bits per heavy atom. The van der Waals surface area contributed by atoms with Crippen molar-refractivity contribution in [3.05, 3.63) is 31.2 Å². The number of aromatic nitrogens is 1. The van der Waals surface area contributed by atoms with Gasteiger partial charge >= 0.3 is 0 Å². The van der Waals surface area contributed by atoms with Gasteiger partial charge in [0.1, 0.15) is 5.02 Å². The van der Waals surface area contributed by atoms with Gasteiger partial charge in [0.05, 0.1) is 0 Å². The highest BCUT2D eigenvalue weighted by molar-refractivity contribution is 14.1. The maximum absolute atomic E-state index is 10.9. The smallest absolute Gasteiger partial charge is 0.269 e. The van der Waals surface area contributed by atoms with E-state index in [2.05, 4.69) is 22.6 Å². The predicted molar refractivity (Wildman–Crippen MR) is 49.4 cm³/mol. The molecule has 0 amide bonds. The molecule has 0 saturated heterocycles. The fraction of sp³-hybridized carbons (Fsp3) is 0.167. The Kier molecular flexibility index (Phi) is 2.36. The molecule has 0 aliphatic rings. The summed E-state index contributed by atoms with van der Waals surface area (Å²) in [5, 5.41) is 0.273. The van der Waals surface area contributed by atoms with Crippen molar-refractivity contribution < 1.29 is 0 Å². The molecule has 0 radical (unpaired) electrons. The van der Waals surface area contributed by atoms with Gasteiger partial charge in [0, 0.05) is 16.8 Å². The molecule has 1 rings (SSSR count). The Morgan fingerprint density at radius 2 is 2.30 bits per heavy atom. The fourth-order valence-electron chi connectivity index (χ4n) is 0.632. The third kappa shape index (κ3) is 1.52. The monoisotopic (exact) mass is 269 g/mol. The second kappa shape index (κ2) is 2.92. The zero-order valence-corrected chi connectivity index (χ0v) is 8.18. The number of hydrogen-bond acceptors (Lipinski definition) is 1. The van der Waals surface area contributed by atoms with Crippen molar-refractivity contribution in [2.45, 2.75) is 0 Å². The number of hydrogen-bond donors (Lipinski definition) is 0. The first kappa shape index (κ1) is 8.07.